The number of carbonyl (C=O) groups is 1. The first kappa shape index (κ1) is 24.4. The highest BCUT2D eigenvalue weighted by atomic mass is 16.2. The molecule has 178 valence electrons. The summed E-state index contributed by atoms with van der Waals surface area (Å²) < 4.78 is 0. The number of piperidine rings is 1. The van der Waals surface area contributed by atoms with E-state index in [1.54, 1.807) is 19.0 Å². The summed E-state index contributed by atoms with van der Waals surface area (Å²) in [5, 5.41) is 3.55. The summed E-state index contributed by atoms with van der Waals surface area (Å²) in [7, 11) is 5.70. The van der Waals surface area contributed by atoms with E-state index in [0.29, 0.717) is 5.92 Å². The molecule has 3 rings (SSSR count). The maximum absolute atomic E-state index is 12.1. The van der Waals surface area contributed by atoms with Crippen molar-refractivity contribution in [3.63, 3.8) is 0 Å². The van der Waals surface area contributed by atoms with E-state index < -0.39 is 0 Å². The number of para-hydroxylation sites is 1. The van der Waals surface area contributed by atoms with Gasteiger partial charge in [-0.1, -0.05) is 24.6 Å². The Balaban J connectivity index is 1.50. The van der Waals surface area contributed by atoms with Crippen molar-refractivity contribution in [2.45, 2.75) is 32.1 Å². The summed E-state index contributed by atoms with van der Waals surface area (Å²) in [6.07, 6.45) is 6.28. The molecule has 0 aliphatic carbocycles. The zero-order valence-corrected chi connectivity index (χ0v) is 20.3. The number of likely N-dealkylation sites (N-methyl/N-ethyl adjacent to an activating group) is 1. The van der Waals surface area contributed by atoms with Crippen molar-refractivity contribution in [1.29, 1.82) is 0 Å². The minimum Gasteiger partial charge on any atom is -0.375 e. The van der Waals surface area contributed by atoms with Gasteiger partial charge >= 0.3 is 0 Å². The van der Waals surface area contributed by atoms with E-state index in [0.717, 1.165) is 38.6 Å². The number of carbonyl (C=O) groups excluding carboxylic acids is 1. The number of likely N-dealkylation sites (tertiary alicyclic amines) is 2. The van der Waals surface area contributed by atoms with Crippen molar-refractivity contribution in [2.75, 3.05) is 78.4 Å². The van der Waals surface area contributed by atoms with Crippen LogP contribution in [0.2, 0.25) is 0 Å². The normalized spacial score (nSPS) is 19.8. The number of anilines is 1. The maximum atomic E-state index is 12.1. The van der Waals surface area contributed by atoms with Gasteiger partial charge in [-0.25, -0.2) is 4.99 Å². The minimum atomic E-state index is 0.0391. The first-order chi connectivity index (χ1) is 15.5. The Bertz CT molecular complexity index is 716. The van der Waals surface area contributed by atoms with Crippen molar-refractivity contribution >= 4 is 17.6 Å². The molecule has 2 fully saturated rings. The molecule has 32 heavy (non-hydrogen) atoms. The fourth-order valence-electron chi connectivity index (χ4n) is 4.56. The van der Waals surface area contributed by atoms with E-state index in [-0.39, 0.29) is 12.5 Å². The van der Waals surface area contributed by atoms with Crippen LogP contribution in [0.1, 0.15) is 32.1 Å². The molecule has 1 aromatic carbocycles. The third-order valence-electron chi connectivity index (χ3n) is 6.56. The molecule has 0 saturated carbocycles. The highest BCUT2D eigenvalue weighted by Crippen LogP contribution is 2.20. The average molecular weight is 443 g/mol. The molecule has 0 aromatic heterocycles. The molecule has 0 bridgehead atoms. The molecular formula is C25H42N6O. The number of nitrogens with one attached hydrogen (secondary N) is 1. The predicted octanol–water partition coefficient (Wildman–Crippen LogP) is 2.35. The Morgan fingerprint density at radius 3 is 2.56 bits per heavy atom. The molecule has 7 heteroatoms. The summed E-state index contributed by atoms with van der Waals surface area (Å²) in [5.41, 5.74) is 1.23. The Morgan fingerprint density at radius 2 is 1.84 bits per heavy atom. The lowest BCUT2D eigenvalue weighted by atomic mass is 10.1. The van der Waals surface area contributed by atoms with Crippen molar-refractivity contribution in [1.82, 2.24) is 20.0 Å². The van der Waals surface area contributed by atoms with Crippen molar-refractivity contribution in [3.8, 4) is 0 Å². The molecular weight excluding hydrogens is 400 g/mol. The predicted molar refractivity (Wildman–Crippen MR) is 133 cm³/mol. The zero-order chi connectivity index (χ0) is 22.8. The van der Waals surface area contributed by atoms with Crippen LogP contribution < -0.4 is 10.2 Å². The molecule has 2 aliphatic heterocycles. The second-order valence-corrected chi connectivity index (χ2v) is 9.43. The van der Waals surface area contributed by atoms with Gasteiger partial charge in [-0.05, 0) is 56.8 Å². The van der Waals surface area contributed by atoms with Gasteiger partial charge in [0.2, 0.25) is 5.91 Å². The van der Waals surface area contributed by atoms with Crippen LogP contribution in [-0.2, 0) is 4.79 Å². The second kappa shape index (κ2) is 12.7. The summed E-state index contributed by atoms with van der Waals surface area (Å²) in [5.74, 6) is 1.62. The van der Waals surface area contributed by atoms with Crippen LogP contribution in [-0.4, -0.2) is 100 Å². The highest BCUT2D eigenvalue weighted by Gasteiger charge is 2.27. The number of benzene rings is 1. The third-order valence-corrected chi connectivity index (χ3v) is 6.56. The lowest BCUT2D eigenvalue weighted by Crippen LogP contribution is -2.42. The van der Waals surface area contributed by atoms with E-state index in [4.69, 9.17) is 4.99 Å². The van der Waals surface area contributed by atoms with E-state index >= 15 is 0 Å². The van der Waals surface area contributed by atoms with Gasteiger partial charge in [-0.3, -0.25) is 4.79 Å². The first-order valence-corrected chi connectivity index (χ1v) is 12.2. The molecule has 2 aliphatic rings. The zero-order valence-electron chi connectivity index (χ0n) is 20.3. The van der Waals surface area contributed by atoms with Crippen LogP contribution in [0, 0.1) is 5.92 Å². The Hall–Kier alpha value is -2.28. The van der Waals surface area contributed by atoms with Gasteiger partial charge in [0.1, 0.15) is 6.54 Å². The number of aliphatic imine (C=N–C) groups is 1. The van der Waals surface area contributed by atoms with Crippen molar-refractivity contribution < 1.29 is 4.79 Å². The van der Waals surface area contributed by atoms with Crippen LogP contribution in [0.3, 0.4) is 0 Å². The van der Waals surface area contributed by atoms with E-state index in [1.807, 2.05) is 6.07 Å². The Morgan fingerprint density at radius 1 is 1.09 bits per heavy atom. The van der Waals surface area contributed by atoms with Crippen LogP contribution in [0.25, 0.3) is 0 Å². The van der Waals surface area contributed by atoms with Gasteiger partial charge in [0.25, 0.3) is 0 Å². The smallest absolute Gasteiger partial charge is 0.243 e. The number of hydrogen-bond donors (Lipinski definition) is 1. The van der Waals surface area contributed by atoms with Gasteiger partial charge in [0.15, 0.2) is 5.96 Å². The van der Waals surface area contributed by atoms with E-state index in [2.05, 4.69) is 51.3 Å². The Labute approximate surface area is 194 Å². The molecule has 1 N–H and O–H groups in total. The van der Waals surface area contributed by atoms with Gasteiger partial charge in [0.05, 0.1) is 0 Å². The lowest BCUT2D eigenvalue weighted by molar-refractivity contribution is -0.127. The van der Waals surface area contributed by atoms with Crippen molar-refractivity contribution in [3.05, 3.63) is 30.3 Å². The average Bonchev–Trinajstić information content (AvgIpc) is 3.27. The largest absolute Gasteiger partial charge is 0.375 e. The van der Waals surface area contributed by atoms with Crippen LogP contribution in [0.5, 0.6) is 0 Å². The Kier molecular flexibility index (Phi) is 9.65. The maximum Gasteiger partial charge on any atom is 0.243 e. The quantitative estimate of drug-likeness (QED) is 0.361. The van der Waals surface area contributed by atoms with Gasteiger partial charge < -0.3 is 24.9 Å². The molecule has 1 amide bonds. The lowest BCUT2D eigenvalue weighted by Gasteiger charge is -2.29. The fourth-order valence-corrected chi connectivity index (χ4v) is 4.56. The summed E-state index contributed by atoms with van der Waals surface area (Å²) in [6.45, 7) is 7.77. The number of nitrogens with zero attached hydrogens (tertiary/aromatic N) is 5. The first-order valence-electron chi connectivity index (χ1n) is 12.2. The van der Waals surface area contributed by atoms with E-state index in [9.17, 15) is 4.79 Å². The molecule has 1 atom stereocenters. The standard InChI is InChI=1S/C25H42N6O/c1-28(2)24(32)19-27-25(26-14-10-15-29(3)23-11-6-4-7-12-23)31-18-13-22(21-31)20-30-16-8-5-9-17-30/h4,6-7,11-12,22H,5,8-10,13-21H2,1-3H3,(H,26,27). The van der Waals surface area contributed by atoms with Crippen LogP contribution >= 0.6 is 0 Å². The van der Waals surface area contributed by atoms with Crippen LogP contribution in [0.4, 0.5) is 5.69 Å². The topological polar surface area (TPSA) is 54.4 Å². The number of guanidine groups is 1. The second-order valence-electron chi connectivity index (χ2n) is 9.43. The molecule has 0 spiro atoms. The van der Waals surface area contributed by atoms with Crippen LogP contribution in [0.15, 0.2) is 35.3 Å². The van der Waals surface area contributed by atoms with Crippen molar-refractivity contribution in [2.24, 2.45) is 10.9 Å². The molecule has 0 radical (unpaired) electrons. The van der Waals surface area contributed by atoms with Gasteiger partial charge in [0, 0.05) is 59.6 Å². The summed E-state index contributed by atoms with van der Waals surface area (Å²) in [4.78, 5) is 25.7. The van der Waals surface area contributed by atoms with E-state index in [1.165, 1.54) is 51.0 Å². The molecule has 2 heterocycles. The van der Waals surface area contributed by atoms with Gasteiger partial charge in [-0.15, -0.1) is 0 Å². The summed E-state index contributed by atoms with van der Waals surface area (Å²) in [6, 6.07) is 10.5. The molecule has 1 unspecified atom stereocenters. The number of amides is 1. The number of hydrogen-bond acceptors (Lipinski definition) is 4. The monoisotopic (exact) mass is 442 g/mol. The summed E-state index contributed by atoms with van der Waals surface area (Å²) >= 11 is 0. The molecule has 2 saturated heterocycles. The molecule has 7 nitrogen and oxygen atoms in total. The third kappa shape index (κ3) is 7.69. The SMILES string of the molecule is CN(C)C(=O)CN=C(NCCCN(C)c1ccccc1)N1CCC(CN2CCCCC2)C1. The number of rotatable bonds is 9. The van der Waals surface area contributed by atoms with Gasteiger partial charge in [-0.2, -0.15) is 0 Å². The minimum absolute atomic E-state index is 0.0391. The fraction of sp³-hybridized carbons (Fsp3) is 0.680. The molecule has 1 aromatic rings. The highest BCUT2D eigenvalue weighted by molar-refractivity contribution is 5.85.